The maximum absolute atomic E-state index is 13.1. The van der Waals surface area contributed by atoms with Gasteiger partial charge >= 0.3 is 0 Å². The molecule has 98 valence electrons. The second kappa shape index (κ2) is 4.65. The molecule has 1 aliphatic rings. The van der Waals surface area contributed by atoms with Crippen molar-refractivity contribution in [3.05, 3.63) is 35.4 Å². The van der Waals surface area contributed by atoms with Gasteiger partial charge in [0, 0.05) is 31.3 Å². The normalized spacial score (nSPS) is 18.8. The van der Waals surface area contributed by atoms with Crippen molar-refractivity contribution in [2.24, 2.45) is 0 Å². The van der Waals surface area contributed by atoms with Crippen LogP contribution < -0.4 is 5.32 Å². The molecule has 0 spiro atoms. The molecule has 3 nitrogen and oxygen atoms in total. The van der Waals surface area contributed by atoms with E-state index in [1.807, 2.05) is 13.8 Å². The van der Waals surface area contributed by atoms with Gasteiger partial charge in [-0.05, 0) is 26.0 Å². The largest absolute Gasteiger partial charge is 0.331 e. The molecular formula is C13H16F2N2O. The van der Waals surface area contributed by atoms with Crippen molar-refractivity contribution in [3.8, 4) is 0 Å². The molecule has 1 heterocycles. The second-order valence-electron chi connectivity index (χ2n) is 5.10. The molecule has 1 N–H and O–H groups in total. The zero-order valence-electron chi connectivity index (χ0n) is 10.5. The lowest BCUT2D eigenvalue weighted by Gasteiger charge is -2.42. The van der Waals surface area contributed by atoms with E-state index in [1.165, 1.54) is 0 Å². The van der Waals surface area contributed by atoms with Crippen molar-refractivity contribution in [2.45, 2.75) is 19.4 Å². The molecule has 0 atom stereocenters. The number of hydrogen-bond acceptors (Lipinski definition) is 2. The quantitative estimate of drug-likeness (QED) is 0.828. The van der Waals surface area contributed by atoms with Gasteiger partial charge in [-0.15, -0.1) is 0 Å². The Balaban J connectivity index is 2.30. The molecular weight excluding hydrogens is 238 g/mol. The molecule has 1 saturated heterocycles. The van der Waals surface area contributed by atoms with E-state index >= 15 is 0 Å². The van der Waals surface area contributed by atoms with Crippen LogP contribution in [0.3, 0.4) is 0 Å². The summed E-state index contributed by atoms with van der Waals surface area (Å²) in [6.07, 6.45) is 0. The molecule has 18 heavy (non-hydrogen) atoms. The van der Waals surface area contributed by atoms with Crippen LogP contribution in [0.25, 0.3) is 0 Å². The van der Waals surface area contributed by atoms with Gasteiger partial charge in [0.1, 0.15) is 11.6 Å². The third-order valence-corrected chi connectivity index (χ3v) is 3.16. The Bertz CT molecular complexity index is 454. The van der Waals surface area contributed by atoms with E-state index in [2.05, 4.69) is 5.32 Å². The van der Waals surface area contributed by atoms with E-state index in [4.69, 9.17) is 0 Å². The summed E-state index contributed by atoms with van der Waals surface area (Å²) in [7, 11) is 0. The summed E-state index contributed by atoms with van der Waals surface area (Å²) in [4.78, 5) is 13.9. The van der Waals surface area contributed by atoms with Gasteiger partial charge in [-0.25, -0.2) is 8.78 Å². The molecule has 1 aliphatic heterocycles. The summed E-state index contributed by atoms with van der Waals surface area (Å²) < 4.78 is 26.3. The Morgan fingerprint density at radius 1 is 1.28 bits per heavy atom. The fourth-order valence-corrected chi connectivity index (χ4v) is 2.19. The number of rotatable bonds is 1. The van der Waals surface area contributed by atoms with E-state index in [9.17, 15) is 13.6 Å². The maximum atomic E-state index is 13.1. The van der Waals surface area contributed by atoms with Crippen LogP contribution in [-0.2, 0) is 0 Å². The predicted octanol–water partition coefficient (Wildman–Crippen LogP) is 1.79. The van der Waals surface area contributed by atoms with Gasteiger partial charge in [-0.1, -0.05) is 0 Å². The number of benzene rings is 1. The number of halogens is 2. The first-order valence-electron chi connectivity index (χ1n) is 5.89. The lowest BCUT2D eigenvalue weighted by atomic mass is 9.98. The second-order valence-corrected chi connectivity index (χ2v) is 5.10. The number of amides is 1. The molecule has 0 bridgehead atoms. The van der Waals surface area contributed by atoms with Crippen LogP contribution >= 0.6 is 0 Å². The van der Waals surface area contributed by atoms with Crippen molar-refractivity contribution in [1.82, 2.24) is 10.2 Å². The third-order valence-electron chi connectivity index (χ3n) is 3.16. The summed E-state index contributed by atoms with van der Waals surface area (Å²) in [6, 6.07) is 2.91. The first-order valence-corrected chi connectivity index (χ1v) is 5.89. The number of nitrogens with one attached hydrogen (secondary N) is 1. The molecule has 0 unspecified atom stereocenters. The van der Waals surface area contributed by atoms with Crippen molar-refractivity contribution in [2.75, 3.05) is 19.6 Å². The summed E-state index contributed by atoms with van der Waals surface area (Å²) in [5, 5.41) is 3.19. The first kappa shape index (κ1) is 13.0. The first-order chi connectivity index (χ1) is 8.40. The van der Waals surface area contributed by atoms with Gasteiger partial charge in [0.15, 0.2) is 0 Å². The van der Waals surface area contributed by atoms with Crippen LogP contribution in [0.15, 0.2) is 18.2 Å². The van der Waals surface area contributed by atoms with Crippen LogP contribution in [-0.4, -0.2) is 36.0 Å². The van der Waals surface area contributed by atoms with E-state index in [-0.39, 0.29) is 17.0 Å². The minimum Gasteiger partial charge on any atom is -0.331 e. The van der Waals surface area contributed by atoms with E-state index in [1.54, 1.807) is 4.90 Å². The highest BCUT2D eigenvalue weighted by Gasteiger charge is 2.33. The zero-order valence-corrected chi connectivity index (χ0v) is 10.5. The van der Waals surface area contributed by atoms with E-state index < -0.39 is 11.6 Å². The van der Waals surface area contributed by atoms with E-state index in [0.29, 0.717) is 19.6 Å². The van der Waals surface area contributed by atoms with Gasteiger partial charge in [0.05, 0.1) is 5.54 Å². The molecule has 0 saturated carbocycles. The third kappa shape index (κ3) is 2.51. The lowest BCUT2D eigenvalue weighted by Crippen LogP contribution is -2.59. The predicted molar refractivity (Wildman–Crippen MR) is 64.3 cm³/mol. The number of carbonyl (C=O) groups excluding carboxylic acids is 1. The number of piperazine rings is 1. The van der Waals surface area contributed by atoms with Gasteiger partial charge < -0.3 is 10.2 Å². The SMILES string of the molecule is CC1(C)CNCCN1C(=O)c1cc(F)cc(F)c1. The molecule has 1 amide bonds. The molecule has 1 aromatic carbocycles. The average molecular weight is 254 g/mol. The molecule has 0 aliphatic carbocycles. The Kier molecular flexibility index (Phi) is 3.34. The van der Waals surface area contributed by atoms with Crippen molar-refractivity contribution in [3.63, 3.8) is 0 Å². The van der Waals surface area contributed by atoms with Gasteiger partial charge in [0.2, 0.25) is 0 Å². The molecule has 0 aromatic heterocycles. The summed E-state index contributed by atoms with van der Waals surface area (Å²) in [5.41, 5.74) is -0.305. The molecule has 1 fully saturated rings. The summed E-state index contributed by atoms with van der Waals surface area (Å²) in [6.45, 7) is 5.73. The number of hydrogen-bond donors (Lipinski definition) is 1. The highest BCUT2D eigenvalue weighted by Crippen LogP contribution is 2.20. The van der Waals surface area contributed by atoms with Crippen molar-refractivity contribution in [1.29, 1.82) is 0 Å². The fourth-order valence-electron chi connectivity index (χ4n) is 2.19. The molecule has 5 heteroatoms. The van der Waals surface area contributed by atoms with Crippen LogP contribution in [0, 0.1) is 11.6 Å². The monoisotopic (exact) mass is 254 g/mol. The smallest absolute Gasteiger partial charge is 0.254 e. The van der Waals surface area contributed by atoms with Gasteiger partial charge in [-0.2, -0.15) is 0 Å². The van der Waals surface area contributed by atoms with Gasteiger partial charge in [-0.3, -0.25) is 4.79 Å². The number of nitrogens with zero attached hydrogens (tertiary/aromatic N) is 1. The Morgan fingerprint density at radius 3 is 2.44 bits per heavy atom. The highest BCUT2D eigenvalue weighted by atomic mass is 19.1. The van der Waals surface area contributed by atoms with Crippen LogP contribution in [0.2, 0.25) is 0 Å². The topological polar surface area (TPSA) is 32.3 Å². The van der Waals surface area contributed by atoms with Crippen LogP contribution in [0.4, 0.5) is 8.78 Å². The van der Waals surface area contributed by atoms with Gasteiger partial charge in [0.25, 0.3) is 5.91 Å². The van der Waals surface area contributed by atoms with Crippen molar-refractivity contribution < 1.29 is 13.6 Å². The summed E-state index contributed by atoms with van der Waals surface area (Å²) >= 11 is 0. The minimum atomic E-state index is -0.730. The summed E-state index contributed by atoms with van der Waals surface area (Å²) in [5.74, 6) is -1.79. The van der Waals surface area contributed by atoms with E-state index in [0.717, 1.165) is 18.2 Å². The molecule has 0 radical (unpaired) electrons. The Hall–Kier alpha value is -1.49. The fraction of sp³-hybridized carbons (Fsp3) is 0.462. The average Bonchev–Trinajstić information content (AvgIpc) is 2.26. The van der Waals surface area contributed by atoms with Crippen molar-refractivity contribution >= 4 is 5.91 Å². The van der Waals surface area contributed by atoms with Crippen LogP contribution in [0.1, 0.15) is 24.2 Å². The van der Waals surface area contributed by atoms with Crippen LogP contribution in [0.5, 0.6) is 0 Å². The highest BCUT2D eigenvalue weighted by molar-refractivity contribution is 5.94. The minimum absolute atomic E-state index is 0.0578. The Morgan fingerprint density at radius 2 is 1.89 bits per heavy atom. The standard InChI is InChI=1S/C13H16F2N2O/c1-13(2)8-16-3-4-17(13)12(18)9-5-10(14)7-11(15)6-9/h5-7,16H,3-4,8H2,1-2H3. The number of carbonyl (C=O) groups is 1. The zero-order chi connectivity index (χ0) is 13.3. The molecule has 2 rings (SSSR count). The molecule has 1 aromatic rings. The maximum Gasteiger partial charge on any atom is 0.254 e. The lowest BCUT2D eigenvalue weighted by molar-refractivity contribution is 0.0476. The Labute approximate surface area is 105 Å².